The molecule has 33 heavy (non-hydrogen) atoms. The number of hydrogen-bond acceptors (Lipinski definition) is 5. The molecular weight excluding hydrogens is 531 g/mol. The van der Waals surface area contributed by atoms with E-state index in [2.05, 4.69) is 58.2 Å². The molecule has 182 valence electrons. The highest BCUT2D eigenvalue weighted by molar-refractivity contribution is 14.0. The van der Waals surface area contributed by atoms with Crippen molar-refractivity contribution in [3.63, 3.8) is 0 Å². The standard InChI is InChI=1S/C25H36N4O3.HI/c1-19(20-8-6-5-7-9-20)29-25(12-14-32-15-13-25)18-28-24(26-2)27-17-21-10-11-22(30-3)16-23(21)31-4;/h5-11,16,19,29H,12-15,17-18H2,1-4H3,(H2,26,27,28);1H. The van der Waals surface area contributed by atoms with Gasteiger partial charge in [-0.2, -0.15) is 0 Å². The summed E-state index contributed by atoms with van der Waals surface area (Å²) in [6.45, 7) is 5.08. The summed E-state index contributed by atoms with van der Waals surface area (Å²) in [6.07, 6.45) is 1.89. The van der Waals surface area contributed by atoms with Crippen molar-refractivity contribution < 1.29 is 14.2 Å². The third-order valence-electron chi connectivity index (χ3n) is 6.03. The van der Waals surface area contributed by atoms with Gasteiger partial charge in [-0.1, -0.05) is 30.3 Å². The number of nitrogens with zero attached hydrogens (tertiary/aromatic N) is 1. The SMILES string of the molecule is CN=C(NCc1ccc(OC)cc1OC)NCC1(NC(C)c2ccccc2)CCOCC1.I. The van der Waals surface area contributed by atoms with Crippen molar-refractivity contribution in [1.82, 2.24) is 16.0 Å². The van der Waals surface area contributed by atoms with Crippen molar-refractivity contribution in [2.45, 2.75) is 37.9 Å². The number of methoxy groups -OCH3 is 2. The van der Waals surface area contributed by atoms with Crippen molar-refractivity contribution >= 4 is 29.9 Å². The van der Waals surface area contributed by atoms with Gasteiger partial charge in [0.05, 0.1) is 14.2 Å². The fraction of sp³-hybridized carbons (Fsp3) is 0.480. The summed E-state index contributed by atoms with van der Waals surface area (Å²) in [4.78, 5) is 4.42. The zero-order chi connectivity index (χ0) is 22.8. The monoisotopic (exact) mass is 568 g/mol. The summed E-state index contributed by atoms with van der Waals surface area (Å²) in [5.74, 6) is 2.31. The van der Waals surface area contributed by atoms with Crippen LogP contribution < -0.4 is 25.4 Å². The Balaban J connectivity index is 0.00000385. The second kappa shape index (κ2) is 13.6. The molecule has 0 bridgehead atoms. The van der Waals surface area contributed by atoms with Crippen LogP contribution in [-0.4, -0.2) is 52.5 Å². The molecule has 0 saturated carbocycles. The van der Waals surface area contributed by atoms with E-state index < -0.39 is 0 Å². The largest absolute Gasteiger partial charge is 0.497 e. The van der Waals surface area contributed by atoms with E-state index in [0.29, 0.717) is 6.54 Å². The maximum Gasteiger partial charge on any atom is 0.191 e. The first-order valence-electron chi connectivity index (χ1n) is 11.1. The molecule has 0 radical (unpaired) electrons. The fourth-order valence-electron chi connectivity index (χ4n) is 4.07. The first kappa shape index (κ1) is 27.2. The number of ether oxygens (including phenoxy) is 3. The van der Waals surface area contributed by atoms with Gasteiger partial charge < -0.3 is 30.2 Å². The van der Waals surface area contributed by atoms with Crippen LogP contribution in [-0.2, 0) is 11.3 Å². The van der Waals surface area contributed by atoms with Crippen LogP contribution in [0.5, 0.6) is 11.5 Å². The highest BCUT2D eigenvalue weighted by Gasteiger charge is 2.34. The Morgan fingerprint density at radius 3 is 2.42 bits per heavy atom. The maximum absolute atomic E-state index is 5.66. The fourth-order valence-corrected chi connectivity index (χ4v) is 4.07. The van der Waals surface area contributed by atoms with Crippen LogP contribution >= 0.6 is 24.0 Å². The molecule has 0 spiro atoms. The van der Waals surface area contributed by atoms with Gasteiger partial charge in [-0.3, -0.25) is 4.99 Å². The summed E-state index contributed by atoms with van der Waals surface area (Å²) in [5.41, 5.74) is 2.25. The number of halogens is 1. The van der Waals surface area contributed by atoms with Crippen LogP contribution in [0.15, 0.2) is 53.5 Å². The molecule has 1 atom stereocenters. The molecule has 7 nitrogen and oxygen atoms in total. The lowest BCUT2D eigenvalue weighted by atomic mass is 9.88. The quantitative estimate of drug-likeness (QED) is 0.242. The van der Waals surface area contributed by atoms with Crippen LogP contribution in [0.2, 0.25) is 0 Å². The van der Waals surface area contributed by atoms with Gasteiger partial charge in [-0.05, 0) is 37.5 Å². The molecule has 2 aromatic rings. The molecule has 1 heterocycles. The van der Waals surface area contributed by atoms with Gasteiger partial charge in [0, 0.05) is 56.6 Å². The average molecular weight is 569 g/mol. The van der Waals surface area contributed by atoms with Crippen LogP contribution in [0.4, 0.5) is 0 Å². The minimum Gasteiger partial charge on any atom is -0.497 e. The summed E-state index contributed by atoms with van der Waals surface area (Å²) in [7, 11) is 5.11. The van der Waals surface area contributed by atoms with E-state index in [-0.39, 0.29) is 35.6 Å². The average Bonchev–Trinajstić information content (AvgIpc) is 2.85. The van der Waals surface area contributed by atoms with Crippen LogP contribution in [0.25, 0.3) is 0 Å². The Hall–Kier alpha value is -2.04. The molecule has 1 fully saturated rings. The summed E-state index contributed by atoms with van der Waals surface area (Å²) in [6, 6.07) is 16.6. The molecule has 1 aliphatic rings. The summed E-state index contributed by atoms with van der Waals surface area (Å²) in [5, 5.41) is 10.8. The minimum atomic E-state index is -0.0665. The predicted octanol–water partition coefficient (Wildman–Crippen LogP) is 3.89. The maximum atomic E-state index is 5.66. The van der Waals surface area contributed by atoms with Crippen molar-refractivity contribution in [3.8, 4) is 11.5 Å². The Morgan fingerprint density at radius 1 is 1.06 bits per heavy atom. The Kier molecular flexibility index (Phi) is 11.2. The van der Waals surface area contributed by atoms with Crippen molar-refractivity contribution in [3.05, 3.63) is 59.7 Å². The molecule has 1 aliphatic heterocycles. The number of benzene rings is 2. The van der Waals surface area contributed by atoms with E-state index in [4.69, 9.17) is 14.2 Å². The molecular formula is C25H37IN4O3. The van der Waals surface area contributed by atoms with Crippen molar-refractivity contribution in [2.75, 3.05) is 41.0 Å². The van der Waals surface area contributed by atoms with Gasteiger partial charge >= 0.3 is 0 Å². The van der Waals surface area contributed by atoms with E-state index in [0.717, 1.165) is 55.6 Å². The summed E-state index contributed by atoms with van der Waals surface area (Å²) < 4.78 is 16.4. The first-order valence-corrected chi connectivity index (χ1v) is 11.1. The first-order chi connectivity index (χ1) is 15.6. The van der Waals surface area contributed by atoms with Gasteiger partial charge in [0.25, 0.3) is 0 Å². The van der Waals surface area contributed by atoms with Crippen LogP contribution in [0.3, 0.4) is 0 Å². The lowest BCUT2D eigenvalue weighted by Crippen LogP contribution is -2.58. The lowest BCUT2D eigenvalue weighted by Gasteiger charge is -2.41. The van der Waals surface area contributed by atoms with Gasteiger partial charge in [-0.15, -0.1) is 24.0 Å². The van der Waals surface area contributed by atoms with E-state index in [1.165, 1.54) is 5.56 Å². The highest BCUT2D eigenvalue weighted by Crippen LogP contribution is 2.26. The number of rotatable bonds is 9. The smallest absolute Gasteiger partial charge is 0.191 e. The van der Waals surface area contributed by atoms with Gasteiger partial charge in [0.1, 0.15) is 11.5 Å². The second-order valence-corrected chi connectivity index (χ2v) is 8.13. The molecule has 1 unspecified atom stereocenters. The van der Waals surface area contributed by atoms with Crippen molar-refractivity contribution in [1.29, 1.82) is 0 Å². The van der Waals surface area contributed by atoms with E-state index in [1.807, 2.05) is 18.2 Å². The topological polar surface area (TPSA) is 76.1 Å². The minimum absolute atomic E-state index is 0. The van der Waals surface area contributed by atoms with Crippen LogP contribution in [0.1, 0.15) is 36.9 Å². The van der Waals surface area contributed by atoms with E-state index >= 15 is 0 Å². The Labute approximate surface area is 214 Å². The highest BCUT2D eigenvalue weighted by atomic mass is 127. The van der Waals surface area contributed by atoms with Gasteiger partial charge in [0.15, 0.2) is 5.96 Å². The molecule has 0 amide bonds. The van der Waals surface area contributed by atoms with Crippen LogP contribution in [0, 0.1) is 0 Å². The molecule has 0 aliphatic carbocycles. The number of nitrogens with one attached hydrogen (secondary N) is 3. The second-order valence-electron chi connectivity index (χ2n) is 8.13. The van der Waals surface area contributed by atoms with Crippen molar-refractivity contribution in [2.24, 2.45) is 4.99 Å². The lowest BCUT2D eigenvalue weighted by molar-refractivity contribution is 0.0355. The number of hydrogen-bond donors (Lipinski definition) is 3. The molecule has 3 rings (SSSR count). The zero-order valence-electron chi connectivity index (χ0n) is 20.0. The Morgan fingerprint density at radius 2 is 1.79 bits per heavy atom. The van der Waals surface area contributed by atoms with Gasteiger partial charge in [0.2, 0.25) is 0 Å². The van der Waals surface area contributed by atoms with E-state index in [1.54, 1.807) is 21.3 Å². The molecule has 3 N–H and O–H groups in total. The molecule has 8 heteroatoms. The number of aliphatic imine (C=N–C) groups is 1. The molecule has 1 saturated heterocycles. The third kappa shape index (κ3) is 7.75. The predicted molar refractivity (Wildman–Crippen MR) is 144 cm³/mol. The van der Waals surface area contributed by atoms with E-state index in [9.17, 15) is 0 Å². The zero-order valence-corrected chi connectivity index (χ0v) is 22.3. The summed E-state index contributed by atoms with van der Waals surface area (Å²) >= 11 is 0. The van der Waals surface area contributed by atoms with Gasteiger partial charge in [-0.25, -0.2) is 0 Å². The molecule has 0 aromatic heterocycles. The normalized spacial score (nSPS) is 16.3. The molecule has 2 aromatic carbocycles. The number of guanidine groups is 1. The Bertz CT molecular complexity index is 873. The third-order valence-corrected chi connectivity index (χ3v) is 6.03.